The van der Waals surface area contributed by atoms with E-state index in [1.165, 1.54) is 26.9 Å². The van der Waals surface area contributed by atoms with Crippen LogP contribution in [0.15, 0.2) is 59.1 Å². The van der Waals surface area contributed by atoms with E-state index >= 15 is 0 Å². The number of nitrogens with zero attached hydrogens (tertiary/aromatic N) is 6. The van der Waals surface area contributed by atoms with Crippen molar-refractivity contribution in [2.24, 2.45) is 7.05 Å². The van der Waals surface area contributed by atoms with Crippen LogP contribution in [0.2, 0.25) is 0 Å². The third-order valence-electron chi connectivity index (χ3n) is 6.27. The molecular weight excluding hydrogens is 478 g/mol. The Morgan fingerprint density at radius 1 is 1.11 bits per heavy atom. The summed E-state index contributed by atoms with van der Waals surface area (Å²) in [7, 11) is 3.19. The first kappa shape index (κ1) is 23.5. The van der Waals surface area contributed by atoms with Gasteiger partial charge in [-0.1, -0.05) is 19.1 Å². The summed E-state index contributed by atoms with van der Waals surface area (Å²) in [6.45, 7) is 3.05. The number of anilines is 2. The zero-order valence-corrected chi connectivity index (χ0v) is 21.0. The Hall–Kier alpha value is -4.25. The molecule has 0 aliphatic carbocycles. The minimum absolute atomic E-state index is 0.161. The number of carbonyl (C=O) groups excluding carboxylic acids is 2. The number of nitrogens with one attached hydrogen (secondary N) is 1. The lowest BCUT2D eigenvalue weighted by atomic mass is 9.98. The van der Waals surface area contributed by atoms with Gasteiger partial charge in [0.25, 0.3) is 5.91 Å². The molecule has 4 aromatic rings. The van der Waals surface area contributed by atoms with E-state index in [1.54, 1.807) is 41.5 Å². The van der Waals surface area contributed by atoms with Gasteiger partial charge in [0, 0.05) is 44.3 Å². The first-order valence-corrected chi connectivity index (χ1v) is 12.4. The monoisotopic (exact) mass is 503 g/mol. The van der Waals surface area contributed by atoms with Crippen molar-refractivity contribution in [2.45, 2.75) is 13.3 Å². The number of hydrogen-bond acceptors (Lipinski definition) is 6. The molecule has 1 aliphatic heterocycles. The van der Waals surface area contributed by atoms with Crippen molar-refractivity contribution < 1.29 is 9.59 Å². The molecular formula is C25H25N7O3S. The van der Waals surface area contributed by atoms with Gasteiger partial charge < -0.3 is 5.32 Å². The van der Waals surface area contributed by atoms with Gasteiger partial charge in [-0.3, -0.25) is 14.6 Å². The molecule has 5 rings (SSSR count). The fraction of sp³-hybridized carbons (Fsp3) is 0.240. The van der Waals surface area contributed by atoms with E-state index in [0.29, 0.717) is 30.9 Å². The molecule has 0 bridgehead atoms. The summed E-state index contributed by atoms with van der Waals surface area (Å²) < 4.78 is 2.77. The van der Waals surface area contributed by atoms with Gasteiger partial charge in [0.2, 0.25) is 0 Å². The van der Waals surface area contributed by atoms with Gasteiger partial charge in [-0.25, -0.2) is 23.8 Å². The Morgan fingerprint density at radius 2 is 1.86 bits per heavy atom. The van der Waals surface area contributed by atoms with Crippen molar-refractivity contribution in [1.82, 2.24) is 24.6 Å². The Bertz CT molecular complexity index is 1500. The first-order chi connectivity index (χ1) is 17.4. The van der Waals surface area contributed by atoms with Crippen LogP contribution in [0.1, 0.15) is 22.8 Å². The summed E-state index contributed by atoms with van der Waals surface area (Å²) in [5.74, 6) is 0.459. The van der Waals surface area contributed by atoms with E-state index in [9.17, 15) is 14.4 Å². The third kappa shape index (κ3) is 3.97. The maximum absolute atomic E-state index is 13.4. The SMILES string of the molecule is CCc1c(-c2ccc(-n3cnn(C)c3=O)cc2)ccnc1N1CCN(c2cc(C(=O)NC)cs2)C1=O. The molecule has 1 aliphatic rings. The zero-order chi connectivity index (χ0) is 25.4. The number of amides is 3. The van der Waals surface area contributed by atoms with Crippen molar-refractivity contribution in [1.29, 1.82) is 0 Å². The smallest absolute Gasteiger partial charge is 0.350 e. The van der Waals surface area contributed by atoms with E-state index in [4.69, 9.17) is 0 Å². The topological polar surface area (TPSA) is 105 Å². The Morgan fingerprint density at radius 3 is 2.53 bits per heavy atom. The molecule has 184 valence electrons. The predicted molar refractivity (Wildman–Crippen MR) is 139 cm³/mol. The average Bonchev–Trinajstić information content (AvgIpc) is 3.62. The number of carbonyl (C=O) groups is 2. The van der Waals surface area contributed by atoms with Crippen molar-refractivity contribution in [3.05, 3.63) is 75.9 Å². The molecule has 10 nitrogen and oxygen atoms in total. The quantitative estimate of drug-likeness (QED) is 0.435. The summed E-state index contributed by atoms with van der Waals surface area (Å²) in [5.41, 5.74) is 3.96. The van der Waals surface area contributed by atoms with Crippen LogP contribution in [0.4, 0.5) is 15.6 Å². The number of thiophene rings is 1. The van der Waals surface area contributed by atoms with Crippen LogP contribution in [0.5, 0.6) is 0 Å². The largest absolute Gasteiger partial charge is 0.355 e. The molecule has 11 heteroatoms. The summed E-state index contributed by atoms with van der Waals surface area (Å²) >= 11 is 1.37. The normalized spacial score (nSPS) is 13.5. The molecule has 0 saturated carbocycles. The zero-order valence-electron chi connectivity index (χ0n) is 20.1. The molecule has 1 fully saturated rings. The molecule has 1 N–H and O–H groups in total. The number of aromatic nitrogens is 4. The first-order valence-electron chi connectivity index (χ1n) is 11.5. The van der Waals surface area contributed by atoms with Crippen molar-refractivity contribution in [3.63, 3.8) is 0 Å². The van der Waals surface area contributed by atoms with Crippen molar-refractivity contribution in [3.8, 4) is 16.8 Å². The molecule has 0 spiro atoms. The van der Waals surface area contributed by atoms with E-state index in [1.807, 2.05) is 37.3 Å². The Labute approximate surface area is 211 Å². The number of pyridine rings is 1. The van der Waals surface area contributed by atoms with E-state index in [0.717, 1.165) is 27.4 Å². The summed E-state index contributed by atoms with van der Waals surface area (Å²) in [5, 5.41) is 9.10. The van der Waals surface area contributed by atoms with E-state index < -0.39 is 0 Å². The minimum atomic E-state index is -0.214. The molecule has 1 aromatic carbocycles. The van der Waals surface area contributed by atoms with Crippen LogP contribution < -0.4 is 20.8 Å². The average molecular weight is 504 g/mol. The lowest BCUT2D eigenvalue weighted by Crippen LogP contribution is -2.32. The Balaban J connectivity index is 1.44. The van der Waals surface area contributed by atoms with Crippen molar-refractivity contribution >= 4 is 34.1 Å². The highest BCUT2D eigenvalue weighted by molar-refractivity contribution is 7.14. The second-order valence-corrected chi connectivity index (χ2v) is 9.20. The standard InChI is InChI=1S/C25H25N7O3S/c1-4-19-20(16-5-7-18(8-6-16)32-15-28-29(3)24(32)34)9-10-27-22(19)31-12-11-30(25(31)35)21-13-17(14-36-21)23(33)26-2/h5-10,13-15H,4,11-12H2,1-3H3,(H,26,33). The van der Waals surface area contributed by atoms with Crippen LogP contribution in [-0.2, 0) is 13.5 Å². The van der Waals surface area contributed by atoms with Crippen LogP contribution in [0.3, 0.4) is 0 Å². The number of aryl methyl sites for hydroxylation is 1. The molecule has 1 saturated heterocycles. The van der Waals surface area contributed by atoms with E-state index in [2.05, 4.69) is 15.4 Å². The molecule has 3 aromatic heterocycles. The fourth-order valence-corrected chi connectivity index (χ4v) is 5.28. The maximum Gasteiger partial charge on any atom is 0.350 e. The molecule has 36 heavy (non-hydrogen) atoms. The highest BCUT2D eigenvalue weighted by Crippen LogP contribution is 2.34. The van der Waals surface area contributed by atoms with Gasteiger partial charge in [0.05, 0.1) is 16.3 Å². The third-order valence-corrected chi connectivity index (χ3v) is 7.22. The highest BCUT2D eigenvalue weighted by Gasteiger charge is 2.34. The fourth-order valence-electron chi connectivity index (χ4n) is 4.36. The van der Waals surface area contributed by atoms with Gasteiger partial charge >= 0.3 is 11.7 Å². The summed E-state index contributed by atoms with van der Waals surface area (Å²) in [6, 6.07) is 11.2. The maximum atomic E-state index is 13.4. The molecule has 0 radical (unpaired) electrons. The second-order valence-electron chi connectivity index (χ2n) is 8.31. The number of hydrogen-bond donors (Lipinski definition) is 1. The molecule has 0 atom stereocenters. The van der Waals surface area contributed by atoms with E-state index in [-0.39, 0.29) is 17.6 Å². The van der Waals surface area contributed by atoms with Crippen LogP contribution >= 0.6 is 11.3 Å². The predicted octanol–water partition coefficient (Wildman–Crippen LogP) is 3.06. The van der Waals surface area contributed by atoms with Crippen LogP contribution in [0, 0.1) is 0 Å². The highest BCUT2D eigenvalue weighted by atomic mass is 32.1. The van der Waals surface area contributed by atoms with Gasteiger partial charge in [-0.15, -0.1) is 11.3 Å². The molecule has 0 unspecified atom stereocenters. The van der Waals surface area contributed by atoms with Gasteiger partial charge in [0.1, 0.15) is 12.1 Å². The van der Waals surface area contributed by atoms with Gasteiger partial charge in [0.15, 0.2) is 0 Å². The lowest BCUT2D eigenvalue weighted by molar-refractivity contribution is 0.0963. The van der Waals surface area contributed by atoms with Crippen LogP contribution in [0.25, 0.3) is 16.8 Å². The lowest BCUT2D eigenvalue weighted by Gasteiger charge is -2.21. The molecule has 4 heterocycles. The Kier molecular flexibility index (Phi) is 6.15. The number of benzene rings is 1. The number of urea groups is 1. The van der Waals surface area contributed by atoms with Crippen molar-refractivity contribution in [2.75, 3.05) is 29.9 Å². The summed E-state index contributed by atoms with van der Waals surface area (Å²) in [4.78, 5) is 45.5. The number of rotatable bonds is 6. The van der Waals surface area contributed by atoms with Gasteiger partial charge in [-0.05, 0) is 41.8 Å². The molecule has 3 amide bonds. The minimum Gasteiger partial charge on any atom is -0.355 e. The summed E-state index contributed by atoms with van der Waals surface area (Å²) in [6.07, 6.45) is 3.90. The van der Waals surface area contributed by atoms with Gasteiger partial charge in [-0.2, -0.15) is 5.10 Å². The van der Waals surface area contributed by atoms with Crippen LogP contribution in [-0.4, -0.2) is 51.4 Å². The second kappa shape index (κ2) is 9.42.